The van der Waals surface area contributed by atoms with Gasteiger partial charge >= 0.3 is 11.9 Å². The third kappa shape index (κ3) is 10.7. The van der Waals surface area contributed by atoms with Crippen molar-refractivity contribution >= 4 is 11.9 Å². The van der Waals surface area contributed by atoms with Crippen LogP contribution in [0.25, 0.3) is 0 Å². The van der Waals surface area contributed by atoms with Crippen molar-refractivity contribution in [3.63, 3.8) is 0 Å². The molecule has 0 spiro atoms. The van der Waals surface area contributed by atoms with Crippen molar-refractivity contribution in [2.75, 3.05) is 0 Å². The molecule has 0 aliphatic carbocycles. The van der Waals surface area contributed by atoms with Gasteiger partial charge in [-0.25, -0.2) is 18.3 Å². The zero-order valence-corrected chi connectivity index (χ0v) is 15.2. The van der Waals surface area contributed by atoms with Crippen LogP contribution in [0.15, 0.2) is 37.4 Å². The standard InChI is InChI=1S/2C6H11N2.C4H7NO4/c2*1-3-8-5-4-7(2)6-8;5-2(4(8)9)1-3(6)7/h2*4-6H,3H2,1-2H3;2H,1,5H2,(H,6,7)(H,8,9)/q2*+1;/t;;2-/m..0/s1. The van der Waals surface area contributed by atoms with Crippen LogP contribution in [0.3, 0.4) is 0 Å². The van der Waals surface area contributed by atoms with Gasteiger partial charge in [0, 0.05) is 0 Å². The quantitative estimate of drug-likeness (QED) is 0.627. The summed E-state index contributed by atoms with van der Waals surface area (Å²) in [7, 11) is 4.04. The number of aliphatic carboxylic acids is 2. The summed E-state index contributed by atoms with van der Waals surface area (Å²) in [6, 6.07) is -1.29. The molecule has 0 aliphatic heterocycles. The summed E-state index contributed by atoms with van der Waals surface area (Å²) in [5.74, 6) is -2.50. The lowest BCUT2D eigenvalue weighted by Gasteiger charge is -1.99. The third-order valence-corrected chi connectivity index (χ3v) is 3.09. The monoisotopic (exact) mass is 355 g/mol. The molecule has 1 atom stereocenters. The first-order valence-corrected chi connectivity index (χ1v) is 7.91. The first-order chi connectivity index (χ1) is 11.7. The van der Waals surface area contributed by atoms with Crippen LogP contribution in [0.5, 0.6) is 0 Å². The second-order valence-electron chi connectivity index (χ2n) is 5.36. The van der Waals surface area contributed by atoms with Gasteiger partial charge < -0.3 is 15.9 Å². The van der Waals surface area contributed by atoms with Gasteiger partial charge in [-0.05, 0) is 13.8 Å². The van der Waals surface area contributed by atoms with E-state index in [4.69, 9.17) is 15.9 Å². The molecular formula is C16H29N5O4+2. The van der Waals surface area contributed by atoms with Crippen molar-refractivity contribution in [3.8, 4) is 0 Å². The average Bonchev–Trinajstić information content (AvgIpc) is 3.15. The van der Waals surface area contributed by atoms with Crippen LogP contribution in [0.1, 0.15) is 20.3 Å². The minimum absolute atomic E-state index is 0.532. The van der Waals surface area contributed by atoms with Gasteiger partial charge in [0.2, 0.25) is 12.7 Å². The fraction of sp³-hybridized carbons (Fsp3) is 0.500. The van der Waals surface area contributed by atoms with Crippen LogP contribution >= 0.6 is 0 Å². The maximum absolute atomic E-state index is 9.85. The second kappa shape index (κ2) is 11.8. The number of carboxylic acids is 2. The summed E-state index contributed by atoms with van der Waals surface area (Å²) >= 11 is 0. The average molecular weight is 355 g/mol. The molecule has 2 aromatic heterocycles. The summed E-state index contributed by atoms with van der Waals surface area (Å²) in [6.45, 7) is 6.36. The summed E-state index contributed by atoms with van der Waals surface area (Å²) in [4.78, 5) is 19.6. The van der Waals surface area contributed by atoms with Crippen molar-refractivity contribution in [1.29, 1.82) is 0 Å². The van der Waals surface area contributed by atoms with Gasteiger partial charge in [0.05, 0.1) is 33.6 Å². The molecule has 0 saturated heterocycles. The van der Waals surface area contributed by atoms with E-state index >= 15 is 0 Å². The zero-order valence-electron chi connectivity index (χ0n) is 15.2. The van der Waals surface area contributed by atoms with Gasteiger partial charge in [-0.15, -0.1) is 0 Å². The molecule has 0 fully saturated rings. The van der Waals surface area contributed by atoms with Crippen LogP contribution in [0, 0.1) is 0 Å². The Balaban J connectivity index is 0.000000346. The van der Waals surface area contributed by atoms with E-state index in [1.807, 2.05) is 35.6 Å². The molecule has 0 aromatic carbocycles. The van der Waals surface area contributed by atoms with Crippen LogP contribution in [-0.2, 0) is 36.8 Å². The van der Waals surface area contributed by atoms with E-state index in [-0.39, 0.29) is 0 Å². The fourth-order valence-electron chi connectivity index (χ4n) is 1.65. The lowest BCUT2D eigenvalue weighted by atomic mass is 10.2. The normalized spacial score (nSPS) is 10.8. The number of aromatic nitrogens is 4. The molecule has 2 rings (SSSR count). The van der Waals surface area contributed by atoms with Crippen molar-refractivity contribution < 1.29 is 28.9 Å². The van der Waals surface area contributed by atoms with E-state index in [0.717, 1.165) is 13.1 Å². The topological polar surface area (TPSA) is 118 Å². The van der Waals surface area contributed by atoms with Crippen molar-refractivity contribution in [2.24, 2.45) is 19.8 Å². The van der Waals surface area contributed by atoms with Gasteiger partial charge in [0.15, 0.2) is 0 Å². The summed E-state index contributed by atoms with van der Waals surface area (Å²) in [5, 5.41) is 16.0. The number of nitrogens with two attached hydrogens (primary N) is 1. The minimum Gasteiger partial charge on any atom is -0.481 e. The van der Waals surface area contributed by atoms with Crippen molar-refractivity contribution in [1.82, 2.24) is 9.13 Å². The van der Waals surface area contributed by atoms with E-state index in [1.165, 1.54) is 0 Å². The van der Waals surface area contributed by atoms with Gasteiger partial charge in [-0.1, -0.05) is 0 Å². The first kappa shape index (κ1) is 22.3. The van der Waals surface area contributed by atoms with Crippen LogP contribution in [0.4, 0.5) is 0 Å². The number of hydrogen-bond acceptors (Lipinski definition) is 3. The number of carbonyl (C=O) groups is 2. The minimum atomic E-state index is -1.29. The van der Waals surface area contributed by atoms with Gasteiger partial charge in [0.1, 0.15) is 30.8 Å². The molecular weight excluding hydrogens is 326 g/mol. The summed E-state index contributed by atoms with van der Waals surface area (Å²) < 4.78 is 8.31. The number of nitrogens with zero attached hydrogens (tertiary/aromatic N) is 4. The molecule has 0 aliphatic rings. The Labute approximate surface area is 147 Å². The first-order valence-electron chi connectivity index (χ1n) is 7.91. The predicted octanol–water partition coefficient (Wildman–Crippen LogP) is -0.462. The number of imidazole rings is 2. The highest BCUT2D eigenvalue weighted by Gasteiger charge is 2.14. The second-order valence-corrected chi connectivity index (χ2v) is 5.36. The number of rotatable bonds is 5. The Morgan fingerprint density at radius 2 is 1.40 bits per heavy atom. The Morgan fingerprint density at radius 3 is 1.52 bits per heavy atom. The Bertz CT molecular complexity index is 610. The zero-order chi connectivity index (χ0) is 19.4. The van der Waals surface area contributed by atoms with E-state index in [9.17, 15) is 9.59 Å². The Kier molecular flexibility index (Phi) is 10.5. The molecule has 0 amide bonds. The molecule has 2 aromatic rings. The van der Waals surface area contributed by atoms with E-state index in [2.05, 4.69) is 48.0 Å². The number of carboxylic acid groups (broad SMARTS) is 2. The van der Waals surface area contributed by atoms with Crippen LogP contribution in [0.2, 0.25) is 0 Å². The molecule has 0 unspecified atom stereocenters. The lowest BCUT2D eigenvalue weighted by molar-refractivity contribution is -0.693. The highest BCUT2D eigenvalue weighted by Crippen LogP contribution is 1.86. The largest absolute Gasteiger partial charge is 0.481 e. The van der Waals surface area contributed by atoms with Crippen LogP contribution < -0.4 is 14.9 Å². The molecule has 9 nitrogen and oxygen atoms in total. The van der Waals surface area contributed by atoms with E-state index in [1.54, 1.807) is 0 Å². The molecule has 2 heterocycles. The molecule has 25 heavy (non-hydrogen) atoms. The highest BCUT2D eigenvalue weighted by molar-refractivity contribution is 5.80. The number of hydrogen-bond donors (Lipinski definition) is 3. The molecule has 140 valence electrons. The maximum atomic E-state index is 9.85. The highest BCUT2D eigenvalue weighted by atomic mass is 16.4. The third-order valence-electron chi connectivity index (χ3n) is 3.09. The smallest absolute Gasteiger partial charge is 0.321 e. The van der Waals surface area contributed by atoms with Gasteiger partial charge in [-0.3, -0.25) is 9.59 Å². The van der Waals surface area contributed by atoms with Crippen LogP contribution in [-0.4, -0.2) is 37.3 Å². The SMILES string of the molecule is CC[n+]1ccn(C)c1.CC[n+]1ccn(C)c1.N[C@@H](CC(=O)O)C(=O)O. The van der Waals surface area contributed by atoms with Gasteiger partial charge in [-0.2, -0.15) is 0 Å². The summed E-state index contributed by atoms with van der Waals surface area (Å²) in [6.07, 6.45) is 11.8. The Morgan fingerprint density at radius 1 is 1.00 bits per heavy atom. The molecule has 0 saturated carbocycles. The van der Waals surface area contributed by atoms with Crippen molar-refractivity contribution in [3.05, 3.63) is 37.4 Å². The van der Waals surface area contributed by atoms with Crippen molar-refractivity contribution in [2.45, 2.75) is 39.4 Å². The molecule has 9 heteroatoms. The molecule has 0 radical (unpaired) electrons. The fourth-order valence-corrected chi connectivity index (χ4v) is 1.65. The molecule has 4 N–H and O–H groups in total. The number of aryl methyl sites for hydroxylation is 4. The van der Waals surface area contributed by atoms with Gasteiger partial charge in [0.25, 0.3) is 0 Å². The molecule has 0 bridgehead atoms. The summed E-state index contributed by atoms with van der Waals surface area (Å²) in [5.41, 5.74) is 4.84. The predicted molar refractivity (Wildman–Crippen MR) is 90.4 cm³/mol. The van der Waals surface area contributed by atoms with E-state index < -0.39 is 24.4 Å². The lowest BCUT2D eigenvalue weighted by Crippen LogP contribution is -2.32. The van der Waals surface area contributed by atoms with E-state index in [0.29, 0.717) is 0 Å². The Hall–Kier alpha value is -2.68. The maximum Gasteiger partial charge on any atom is 0.321 e.